The minimum Gasteiger partial charge on any atom is -0.326 e. The average Bonchev–Trinajstić information content (AvgIpc) is 2.80. The molecule has 0 unspecified atom stereocenters. The molecule has 0 radical (unpaired) electrons. The first-order valence-electron chi connectivity index (χ1n) is 8.39. The number of halogens is 2. The van der Waals surface area contributed by atoms with Crippen LogP contribution in [0.1, 0.15) is 29.5 Å². The lowest BCUT2D eigenvalue weighted by atomic mass is 10.1. The van der Waals surface area contributed by atoms with Crippen molar-refractivity contribution in [2.75, 3.05) is 5.32 Å². The predicted molar refractivity (Wildman–Crippen MR) is 101 cm³/mol. The molecule has 144 valence electrons. The van der Waals surface area contributed by atoms with Gasteiger partial charge in [-0.1, -0.05) is 23.7 Å². The summed E-state index contributed by atoms with van der Waals surface area (Å²) in [7, 11) is -4.01. The highest BCUT2D eigenvalue weighted by Gasteiger charge is 2.23. The van der Waals surface area contributed by atoms with Gasteiger partial charge in [-0.3, -0.25) is 4.79 Å². The molecule has 27 heavy (non-hydrogen) atoms. The monoisotopic (exact) mass is 411 g/mol. The molecule has 0 saturated carbocycles. The van der Waals surface area contributed by atoms with Gasteiger partial charge in [0.15, 0.2) is 0 Å². The second kappa shape index (κ2) is 7.93. The fourth-order valence-electron chi connectivity index (χ4n) is 2.89. The highest BCUT2D eigenvalue weighted by atomic mass is 35.5. The Balaban J connectivity index is 1.85. The summed E-state index contributed by atoms with van der Waals surface area (Å²) in [5, 5.41) is 2.75. The van der Waals surface area contributed by atoms with E-state index in [1.807, 2.05) is 0 Å². The Morgan fingerprint density at radius 3 is 2.70 bits per heavy atom. The van der Waals surface area contributed by atoms with Crippen molar-refractivity contribution in [2.24, 2.45) is 5.73 Å². The van der Waals surface area contributed by atoms with E-state index in [-0.39, 0.29) is 34.5 Å². The lowest BCUT2D eigenvalue weighted by Crippen LogP contribution is -2.24. The summed E-state index contributed by atoms with van der Waals surface area (Å²) in [6.07, 6.45) is 1.66. The van der Waals surface area contributed by atoms with Gasteiger partial charge < -0.3 is 11.1 Å². The lowest BCUT2D eigenvalue weighted by Gasteiger charge is -2.13. The maximum Gasteiger partial charge on any atom is 0.242 e. The largest absolute Gasteiger partial charge is 0.326 e. The molecule has 1 aliphatic heterocycles. The summed E-state index contributed by atoms with van der Waals surface area (Å²) in [5.74, 6) is -0.713. The molecule has 0 spiro atoms. The summed E-state index contributed by atoms with van der Waals surface area (Å²) in [6.45, 7) is -0.0435. The minimum atomic E-state index is -4.01. The van der Waals surface area contributed by atoms with E-state index in [1.165, 1.54) is 18.2 Å². The third kappa shape index (κ3) is 4.47. The molecule has 2 aromatic carbocycles. The molecular formula is C18H19ClFN3O3S. The van der Waals surface area contributed by atoms with Gasteiger partial charge in [-0.05, 0) is 42.2 Å². The van der Waals surface area contributed by atoms with Gasteiger partial charge in [0, 0.05) is 30.8 Å². The number of rotatable bonds is 5. The first kappa shape index (κ1) is 19.8. The van der Waals surface area contributed by atoms with Gasteiger partial charge in [-0.2, -0.15) is 0 Å². The van der Waals surface area contributed by atoms with Gasteiger partial charge in [0.1, 0.15) is 10.7 Å². The van der Waals surface area contributed by atoms with Crippen LogP contribution >= 0.6 is 11.6 Å². The molecular weight excluding hydrogens is 393 g/mol. The molecule has 0 aromatic heterocycles. The summed E-state index contributed by atoms with van der Waals surface area (Å²) in [4.78, 5) is 11.6. The summed E-state index contributed by atoms with van der Waals surface area (Å²) in [6, 6.07) is 7.29. The van der Waals surface area contributed by atoms with Crippen molar-refractivity contribution in [1.82, 2.24) is 4.72 Å². The number of anilines is 1. The highest BCUT2D eigenvalue weighted by molar-refractivity contribution is 7.89. The van der Waals surface area contributed by atoms with Gasteiger partial charge in [-0.15, -0.1) is 0 Å². The van der Waals surface area contributed by atoms with E-state index in [1.54, 1.807) is 12.1 Å². The number of carbonyl (C=O) groups is 1. The van der Waals surface area contributed by atoms with Crippen LogP contribution in [0.3, 0.4) is 0 Å². The molecule has 0 aliphatic carbocycles. The van der Waals surface area contributed by atoms with Gasteiger partial charge >= 0.3 is 0 Å². The Morgan fingerprint density at radius 1 is 1.22 bits per heavy atom. The van der Waals surface area contributed by atoms with Crippen molar-refractivity contribution in [3.8, 4) is 0 Å². The number of nitrogens with two attached hydrogens (primary N) is 1. The van der Waals surface area contributed by atoms with Crippen LogP contribution in [0.15, 0.2) is 35.2 Å². The SMILES string of the molecule is NCc1ccc(CNS(=O)(=O)c2cc3c(cc2Cl)CCCC(=O)N3)c(F)c1. The lowest BCUT2D eigenvalue weighted by molar-refractivity contribution is -0.116. The number of sulfonamides is 1. The van der Waals surface area contributed by atoms with Crippen molar-refractivity contribution >= 4 is 33.2 Å². The topological polar surface area (TPSA) is 101 Å². The maximum absolute atomic E-state index is 14.0. The Kier molecular flexibility index (Phi) is 5.81. The van der Waals surface area contributed by atoms with Gasteiger partial charge in [0.2, 0.25) is 15.9 Å². The predicted octanol–water partition coefficient (Wildman–Crippen LogP) is 2.69. The Labute approximate surface area is 162 Å². The van der Waals surface area contributed by atoms with Crippen LogP contribution in [0, 0.1) is 5.82 Å². The van der Waals surface area contributed by atoms with Crippen LogP contribution < -0.4 is 15.8 Å². The van der Waals surface area contributed by atoms with Crippen LogP contribution in [0.25, 0.3) is 0 Å². The molecule has 0 atom stereocenters. The van der Waals surface area contributed by atoms with Gasteiger partial charge in [0.25, 0.3) is 0 Å². The van der Waals surface area contributed by atoms with E-state index in [0.717, 1.165) is 5.56 Å². The fraction of sp³-hybridized carbons (Fsp3) is 0.278. The second-order valence-corrected chi connectivity index (χ2v) is 8.44. The second-order valence-electron chi connectivity index (χ2n) is 6.30. The summed E-state index contributed by atoms with van der Waals surface area (Å²) >= 11 is 6.17. The van der Waals surface area contributed by atoms with Crippen LogP contribution in [0.4, 0.5) is 10.1 Å². The average molecular weight is 412 g/mol. The number of nitrogens with one attached hydrogen (secondary N) is 2. The zero-order chi connectivity index (χ0) is 19.6. The smallest absolute Gasteiger partial charge is 0.242 e. The molecule has 0 bridgehead atoms. The van der Waals surface area contributed by atoms with E-state index >= 15 is 0 Å². The molecule has 3 rings (SSSR count). The molecule has 9 heteroatoms. The third-order valence-corrected chi connectivity index (χ3v) is 6.24. The quantitative estimate of drug-likeness (QED) is 0.704. The van der Waals surface area contributed by atoms with Crippen molar-refractivity contribution in [3.63, 3.8) is 0 Å². The molecule has 6 nitrogen and oxygen atoms in total. The van der Waals surface area contributed by atoms with E-state index in [0.29, 0.717) is 30.5 Å². The Morgan fingerprint density at radius 2 is 2.00 bits per heavy atom. The normalized spacial score (nSPS) is 14.4. The zero-order valence-electron chi connectivity index (χ0n) is 14.4. The molecule has 2 aromatic rings. The summed E-state index contributed by atoms with van der Waals surface area (Å²) < 4.78 is 41.7. The minimum absolute atomic E-state index is 0.0522. The number of benzene rings is 2. The first-order chi connectivity index (χ1) is 12.8. The van der Waals surface area contributed by atoms with Crippen molar-refractivity contribution in [3.05, 3.63) is 57.9 Å². The zero-order valence-corrected chi connectivity index (χ0v) is 16.0. The number of fused-ring (bicyclic) bond motifs is 1. The van der Waals surface area contributed by atoms with Crippen molar-refractivity contribution < 1.29 is 17.6 Å². The van der Waals surface area contributed by atoms with E-state index in [2.05, 4.69) is 10.0 Å². The summed E-state index contributed by atoms with van der Waals surface area (Å²) in [5.41, 5.74) is 7.48. The molecule has 0 fully saturated rings. The van der Waals surface area contributed by atoms with E-state index in [9.17, 15) is 17.6 Å². The standard InChI is InChI=1S/C18H19ClFN3O3S/c19-14-7-12-2-1-3-18(24)23-16(12)8-17(14)27(25,26)22-10-13-5-4-11(9-21)6-15(13)20/h4-8,22H,1-3,9-10,21H2,(H,23,24). The molecule has 1 aliphatic rings. The van der Waals surface area contributed by atoms with Crippen LogP contribution in [-0.4, -0.2) is 14.3 Å². The fourth-order valence-corrected chi connectivity index (χ4v) is 4.47. The van der Waals surface area contributed by atoms with Gasteiger partial charge in [-0.25, -0.2) is 17.5 Å². The van der Waals surface area contributed by atoms with Gasteiger partial charge in [0.05, 0.1) is 5.02 Å². The first-order valence-corrected chi connectivity index (χ1v) is 10.3. The Bertz CT molecular complexity index is 996. The maximum atomic E-state index is 14.0. The van der Waals surface area contributed by atoms with E-state index < -0.39 is 15.8 Å². The number of hydrogen-bond acceptors (Lipinski definition) is 4. The molecule has 1 amide bonds. The Hall–Kier alpha value is -2.00. The number of hydrogen-bond donors (Lipinski definition) is 3. The number of aryl methyl sites for hydroxylation is 1. The van der Waals surface area contributed by atoms with Crippen LogP contribution in [0.2, 0.25) is 5.02 Å². The highest BCUT2D eigenvalue weighted by Crippen LogP contribution is 2.31. The molecule has 1 heterocycles. The third-order valence-electron chi connectivity index (χ3n) is 4.38. The molecule has 4 N–H and O–H groups in total. The van der Waals surface area contributed by atoms with Crippen molar-refractivity contribution in [2.45, 2.75) is 37.2 Å². The number of amides is 1. The molecule has 0 saturated heterocycles. The van der Waals surface area contributed by atoms with Crippen LogP contribution in [0.5, 0.6) is 0 Å². The van der Waals surface area contributed by atoms with Crippen molar-refractivity contribution in [1.29, 1.82) is 0 Å². The van der Waals surface area contributed by atoms with Crippen LogP contribution in [-0.2, 0) is 34.3 Å². The van der Waals surface area contributed by atoms with E-state index in [4.69, 9.17) is 17.3 Å². The number of carbonyl (C=O) groups excluding carboxylic acids is 1.